The fourth-order valence-corrected chi connectivity index (χ4v) is 4.00. The van der Waals surface area contributed by atoms with E-state index in [0.29, 0.717) is 19.5 Å². The zero-order valence-electron chi connectivity index (χ0n) is 19.7. The predicted molar refractivity (Wildman–Crippen MR) is 135 cm³/mol. The number of hydrogen-bond acceptors (Lipinski definition) is 4. The van der Waals surface area contributed by atoms with Crippen LogP contribution in [0.25, 0.3) is 0 Å². The summed E-state index contributed by atoms with van der Waals surface area (Å²) in [7, 11) is 1.70. The molecular weight excluding hydrogens is 410 g/mol. The monoisotopic (exact) mass is 443 g/mol. The van der Waals surface area contributed by atoms with Crippen LogP contribution in [0.1, 0.15) is 22.3 Å². The first kappa shape index (κ1) is 22.9. The maximum Gasteiger partial charge on any atom is 0.245 e. The maximum absolute atomic E-state index is 13.4. The van der Waals surface area contributed by atoms with Crippen LogP contribution in [0.2, 0.25) is 0 Å². The second-order valence-corrected chi connectivity index (χ2v) is 8.87. The number of methoxy groups -OCH3 is 1. The van der Waals surface area contributed by atoms with Gasteiger partial charge in [0.1, 0.15) is 6.04 Å². The van der Waals surface area contributed by atoms with Gasteiger partial charge in [0.25, 0.3) is 0 Å². The quantitative estimate of drug-likeness (QED) is 0.499. The van der Waals surface area contributed by atoms with E-state index in [-0.39, 0.29) is 18.1 Å². The largest absolute Gasteiger partial charge is 0.379 e. The molecule has 3 aromatic carbocycles. The van der Waals surface area contributed by atoms with E-state index in [2.05, 4.69) is 79.1 Å². The first-order valence-corrected chi connectivity index (χ1v) is 11.5. The van der Waals surface area contributed by atoms with E-state index in [9.17, 15) is 4.79 Å². The second-order valence-electron chi connectivity index (χ2n) is 8.87. The molecule has 1 saturated heterocycles. The Kier molecular flexibility index (Phi) is 7.30. The van der Waals surface area contributed by atoms with Crippen molar-refractivity contribution in [2.45, 2.75) is 39.0 Å². The van der Waals surface area contributed by atoms with Gasteiger partial charge in [0.05, 0.1) is 17.5 Å². The van der Waals surface area contributed by atoms with Gasteiger partial charge in [-0.3, -0.25) is 4.79 Å². The number of nitrogens with zero attached hydrogens (tertiary/aromatic N) is 1. The molecule has 0 spiro atoms. The van der Waals surface area contributed by atoms with Crippen LogP contribution in [-0.4, -0.2) is 43.2 Å². The molecule has 0 saturated carbocycles. The van der Waals surface area contributed by atoms with E-state index in [0.717, 1.165) is 23.5 Å². The Labute approximate surface area is 196 Å². The number of para-hydroxylation sites is 2. The van der Waals surface area contributed by atoms with Gasteiger partial charge in [0, 0.05) is 33.2 Å². The molecule has 1 aliphatic heterocycles. The number of carbonyl (C=O) groups excluding carboxylic acids is 1. The third kappa shape index (κ3) is 5.93. The zero-order valence-corrected chi connectivity index (χ0v) is 19.7. The highest BCUT2D eigenvalue weighted by Crippen LogP contribution is 2.25. The standard InChI is InChI=1S/C28H33N3O2/c1-20-8-12-22(13-9-20)16-27(28(32)31-18-24(19-31)33-3)30-26-7-5-4-6-25(26)29-17-23-14-10-21(2)11-15-23/h4-15,24,27,29-30H,16-19H2,1-3H3/t27-/m0/s1. The molecule has 1 heterocycles. The van der Waals surface area contributed by atoms with Crippen LogP contribution in [0.4, 0.5) is 11.4 Å². The number of rotatable bonds is 9. The summed E-state index contributed by atoms with van der Waals surface area (Å²) in [6, 6.07) is 24.7. The third-order valence-electron chi connectivity index (χ3n) is 6.21. The van der Waals surface area contributed by atoms with E-state index >= 15 is 0 Å². The number of ether oxygens (including phenoxy) is 1. The van der Waals surface area contributed by atoms with E-state index in [1.807, 2.05) is 23.1 Å². The van der Waals surface area contributed by atoms with E-state index in [1.54, 1.807) is 7.11 Å². The number of anilines is 2. The molecule has 5 heteroatoms. The first-order chi connectivity index (χ1) is 16.0. The molecule has 33 heavy (non-hydrogen) atoms. The number of nitrogens with one attached hydrogen (secondary N) is 2. The van der Waals surface area contributed by atoms with Crippen molar-refractivity contribution in [3.05, 3.63) is 95.1 Å². The van der Waals surface area contributed by atoms with Crippen molar-refractivity contribution in [3.8, 4) is 0 Å². The average molecular weight is 444 g/mol. The van der Waals surface area contributed by atoms with Gasteiger partial charge < -0.3 is 20.3 Å². The highest BCUT2D eigenvalue weighted by atomic mass is 16.5. The lowest BCUT2D eigenvalue weighted by molar-refractivity contribution is -0.143. The molecule has 1 aliphatic rings. The summed E-state index contributed by atoms with van der Waals surface area (Å²) in [6.45, 7) is 6.18. The molecular formula is C28H33N3O2. The molecule has 0 radical (unpaired) electrons. The molecule has 4 rings (SSSR count). The van der Waals surface area contributed by atoms with Crippen molar-refractivity contribution in [3.63, 3.8) is 0 Å². The number of benzene rings is 3. The molecule has 5 nitrogen and oxygen atoms in total. The minimum Gasteiger partial charge on any atom is -0.379 e. The average Bonchev–Trinajstić information content (AvgIpc) is 2.79. The van der Waals surface area contributed by atoms with Gasteiger partial charge in [-0.1, -0.05) is 71.8 Å². The minimum atomic E-state index is -0.354. The second kappa shape index (κ2) is 10.5. The van der Waals surface area contributed by atoms with Crippen molar-refractivity contribution >= 4 is 17.3 Å². The molecule has 2 N–H and O–H groups in total. The van der Waals surface area contributed by atoms with Gasteiger partial charge in [-0.15, -0.1) is 0 Å². The Bertz CT molecular complexity index is 1060. The SMILES string of the molecule is COC1CN(C(=O)[C@H](Cc2ccc(C)cc2)Nc2ccccc2NCc2ccc(C)cc2)C1. The summed E-state index contributed by atoms with van der Waals surface area (Å²) < 4.78 is 5.37. The van der Waals surface area contributed by atoms with Gasteiger partial charge in [0.15, 0.2) is 0 Å². The van der Waals surface area contributed by atoms with E-state index in [1.165, 1.54) is 16.7 Å². The molecule has 0 aliphatic carbocycles. The highest BCUT2D eigenvalue weighted by Gasteiger charge is 2.34. The van der Waals surface area contributed by atoms with Crippen molar-refractivity contribution in [2.24, 2.45) is 0 Å². The molecule has 1 atom stereocenters. The van der Waals surface area contributed by atoms with E-state index < -0.39 is 0 Å². The fraction of sp³-hybridized carbons (Fsp3) is 0.321. The first-order valence-electron chi connectivity index (χ1n) is 11.5. The van der Waals surface area contributed by atoms with Gasteiger partial charge in [-0.2, -0.15) is 0 Å². The van der Waals surface area contributed by atoms with Crippen LogP contribution in [0.5, 0.6) is 0 Å². The number of likely N-dealkylation sites (tertiary alicyclic amines) is 1. The lowest BCUT2D eigenvalue weighted by Crippen LogP contribution is -2.58. The number of hydrogen-bond donors (Lipinski definition) is 2. The molecule has 0 bridgehead atoms. The summed E-state index contributed by atoms with van der Waals surface area (Å²) in [5.74, 6) is 0.109. The smallest absolute Gasteiger partial charge is 0.245 e. The summed E-state index contributed by atoms with van der Waals surface area (Å²) >= 11 is 0. The summed E-state index contributed by atoms with van der Waals surface area (Å²) in [6.07, 6.45) is 0.761. The van der Waals surface area contributed by atoms with E-state index in [4.69, 9.17) is 4.74 Å². The van der Waals surface area contributed by atoms with Gasteiger partial charge in [0.2, 0.25) is 5.91 Å². The fourth-order valence-electron chi connectivity index (χ4n) is 4.00. The van der Waals surface area contributed by atoms with Gasteiger partial charge in [-0.05, 0) is 37.1 Å². The lowest BCUT2D eigenvalue weighted by atomic mass is 10.0. The highest BCUT2D eigenvalue weighted by molar-refractivity contribution is 5.87. The minimum absolute atomic E-state index is 0.109. The van der Waals surface area contributed by atoms with Crippen molar-refractivity contribution in [1.29, 1.82) is 0 Å². The molecule has 0 aromatic heterocycles. The summed E-state index contributed by atoms with van der Waals surface area (Å²) in [4.78, 5) is 15.3. The van der Waals surface area contributed by atoms with Crippen molar-refractivity contribution in [2.75, 3.05) is 30.8 Å². The Morgan fingerprint density at radius 1 is 0.909 bits per heavy atom. The Balaban J connectivity index is 1.50. The molecule has 3 aromatic rings. The van der Waals surface area contributed by atoms with Crippen molar-refractivity contribution in [1.82, 2.24) is 4.90 Å². The van der Waals surface area contributed by atoms with Crippen LogP contribution >= 0.6 is 0 Å². The Morgan fingerprint density at radius 3 is 2.09 bits per heavy atom. The van der Waals surface area contributed by atoms with Gasteiger partial charge in [-0.25, -0.2) is 0 Å². The van der Waals surface area contributed by atoms with Crippen LogP contribution in [0.3, 0.4) is 0 Å². The molecule has 0 unspecified atom stereocenters. The van der Waals surface area contributed by atoms with Crippen LogP contribution < -0.4 is 10.6 Å². The maximum atomic E-state index is 13.4. The van der Waals surface area contributed by atoms with Gasteiger partial charge >= 0.3 is 0 Å². The van der Waals surface area contributed by atoms with Crippen LogP contribution in [0, 0.1) is 13.8 Å². The lowest BCUT2D eigenvalue weighted by Gasteiger charge is -2.40. The van der Waals surface area contributed by atoms with Crippen molar-refractivity contribution < 1.29 is 9.53 Å². The normalized spacial score (nSPS) is 14.5. The summed E-state index contributed by atoms with van der Waals surface area (Å²) in [5.41, 5.74) is 6.73. The third-order valence-corrected chi connectivity index (χ3v) is 6.21. The Morgan fingerprint density at radius 2 is 1.48 bits per heavy atom. The predicted octanol–water partition coefficient (Wildman–Crippen LogP) is 4.80. The number of aryl methyl sites for hydroxylation is 2. The zero-order chi connectivity index (χ0) is 23.2. The Hall–Kier alpha value is -3.31. The molecule has 1 amide bonds. The van der Waals surface area contributed by atoms with Crippen LogP contribution in [0.15, 0.2) is 72.8 Å². The summed E-state index contributed by atoms with van der Waals surface area (Å²) in [5, 5.41) is 7.07. The molecule has 1 fully saturated rings. The number of amides is 1. The topological polar surface area (TPSA) is 53.6 Å². The van der Waals surface area contributed by atoms with Crippen LogP contribution in [-0.2, 0) is 22.5 Å². The molecule has 172 valence electrons. The number of carbonyl (C=O) groups is 1.